The highest BCUT2D eigenvalue weighted by Gasteiger charge is 2.35. The fraction of sp³-hybridized carbons (Fsp3) is 0.333. The minimum Gasteiger partial charge on any atom is -0.336 e. The Hall–Kier alpha value is -3.55. The van der Waals surface area contributed by atoms with Crippen LogP contribution in [0, 0.1) is 11.7 Å². The molecule has 7 nitrogen and oxygen atoms in total. The highest BCUT2D eigenvalue weighted by molar-refractivity contribution is 5.97. The first kappa shape index (κ1) is 21.7. The number of hydrogen-bond acceptors (Lipinski definition) is 4. The fourth-order valence-corrected chi connectivity index (χ4v) is 3.63. The SMILES string of the molecule is CC(C)(C)c1cc(NC(=O)C2CC(=O)N(Cc3ccccn3)C2)n(-c2ccc(F)cc2)n1. The maximum atomic E-state index is 13.4. The van der Waals surface area contributed by atoms with Crippen LogP contribution in [0.2, 0.25) is 0 Å². The Balaban J connectivity index is 1.53. The standard InChI is InChI=1S/C24H26FN5O2/c1-24(2,3)20-13-21(30(28-20)19-9-7-17(25)8-10-19)27-23(32)16-12-22(31)29(14-16)15-18-6-4-5-11-26-18/h4-11,13,16H,12,14-15H2,1-3H3,(H,27,32). The summed E-state index contributed by atoms with van der Waals surface area (Å²) in [5, 5.41) is 7.58. The number of likely N-dealkylation sites (tertiary alicyclic amines) is 1. The average molecular weight is 436 g/mol. The molecule has 1 aliphatic rings. The number of pyridine rings is 1. The van der Waals surface area contributed by atoms with Crippen molar-refractivity contribution in [1.29, 1.82) is 0 Å². The van der Waals surface area contributed by atoms with Crippen molar-refractivity contribution in [2.75, 3.05) is 11.9 Å². The number of aromatic nitrogens is 3. The molecule has 8 heteroatoms. The number of benzene rings is 1. The van der Waals surface area contributed by atoms with Crippen LogP contribution < -0.4 is 5.32 Å². The number of nitrogens with one attached hydrogen (secondary N) is 1. The van der Waals surface area contributed by atoms with E-state index in [1.165, 1.54) is 12.1 Å². The van der Waals surface area contributed by atoms with Crippen LogP contribution in [0.4, 0.5) is 10.2 Å². The van der Waals surface area contributed by atoms with E-state index in [1.807, 2.05) is 45.0 Å². The Morgan fingerprint density at radius 3 is 2.59 bits per heavy atom. The van der Waals surface area contributed by atoms with Gasteiger partial charge < -0.3 is 10.2 Å². The van der Waals surface area contributed by atoms with Crippen molar-refractivity contribution < 1.29 is 14.0 Å². The molecule has 0 radical (unpaired) electrons. The summed E-state index contributed by atoms with van der Waals surface area (Å²) in [6.45, 7) is 6.80. The lowest BCUT2D eigenvalue weighted by Gasteiger charge is -2.16. The zero-order chi connectivity index (χ0) is 22.9. The lowest BCUT2D eigenvalue weighted by molar-refractivity contribution is -0.128. The topological polar surface area (TPSA) is 80.1 Å². The third-order valence-electron chi connectivity index (χ3n) is 5.46. The van der Waals surface area contributed by atoms with E-state index in [0.717, 1.165) is 11.4 Å². The van der Waals surface area contributed by atoms with Gasteiger partial charge in [0.25, 0.3) is 0 Å². The Morgan fingerprint density at radius 2 is 1.94 bits per heavy atom. The maximum Gasteiger partial charge on any atom is 0.230 e. The molecule has 0 spiro atoms. The number of rotatable bonds is 5. The van der Waals surface area contributed by atoms with Gasteiger partial charge in [-0.25, -0.2) is 9.07 Å². The largest absolute Gasteiger partial charge is 0.336 e. The molecule has 1 aliphatic heterocycles. The second kappa shape index (κ2) is 8.53. The number of nitrogens with zero attached hydrogens (tertiary/aromatic N) is 4. The third kappa shape index (κ3) is 4.69. The Kier molecular flexibility index (Phi) is 5.78. The highest BCUT2D eigenvalue weighted by atomic mass is 19.1. The van der Waals surface area contributed by atoms with Gasteiger partial charge in [-0.05, 0) is 36.4 Å². The highest BCUT2D eigenvalue weighted by Crippen LogP contribution is 2.28. The van der Waals surface area contributed by atoms with Crippen LogP contribution in [0.25, 0.3) is 5.69 Å². The van der Waals surface area contributed by atoms with Crippen LogP contribution in [0.1, 0.15) is 38.6 Å². The van der Waals surface area contributed by atoms with Gasteiger partial charge in [-0.15, -0.1) is 0 Å². The van der Waals surface area contributed by atoms with Crippen molar-refractivity contribution in [3.05, 3.63) is 71.9 Å². The van der Waals surface area contributed by atoms with Gasteiger partial charge in [0.05, 0.1) is 29.5 Å². The molecular weight excluding hydrogens is 409 g/mol. The van der Waals surface area contributed by atoms with E-state index in [4.69, 9.17) is 0 Å². The summed E-state index contributed by atoms with van der Waals surface area (Å²) < 4.78 is 15.0. The first-order valence-corrected chi connectivity index (χ1v) is 10.6. The minimum absolute atomic E-state index is 0.0711. The van der Waals surface area contributed by atoms with Crippen molar-refractivity contribution >= 4 is 17.6 Å². The number of hydrogen-bond donors (Lipinski definition) is 1. The predicted molar refractivity (Wildman–Crippen MR) is 119 cm³/mol. The van der Waals surface area contributed by atoms with E-state index >= 15 is 0 Å². The van der Waals surface area contributed by atoms with Gasteiger partial charge in [-0.3, -0.25) is 14.6 Å². The normalized spacial score (nSPS) is 16.4. The molecule has 3 heterocycles. The van der Waals surface area contributed by atoms with Gasteiger partial charge in [0.1, 0.15) is 11.6 Å². The summed E-state index contributed by atoms with van der Waals surface area (Å²) in [6, 6.07) is 13.3. The van der Waals surface area contributed by atoms with E-state index in [-0.39, 0.29) is 29.5 Å². The van der Waals surface area contributed by atoms with Crippen LogP contribution in [-0.4, -0.2) is 38.0 Å². The van der Waals surface area contributed by atoms with Gasteiger partial charge in [-0.2, -0.15) is 5.10 Å². The molecule has 1 N–H and O–H groups in total. The molecule has 0 saturated carbocycles. The quantitative estimate of drug-likeness (QED) is 0.663. The molecule has 4 rings (SSSR count). The molecule has 0 aliphatic carbocycles. The first-order valence-electron chi connectivity index (χ1n) is 10.6. The van der Waals surface area contributed by atoms with Gasteiger partial charge in [0.15, 0.2) is 0 Å². The Morgan fingerprint density at radius 1 is 1.19 bits per heavy atom. The molecule has 2 amide bonds. The van der Waals surface area contributed by atoms with Crippen molar-refractivity contribution in [3.63, 3.8) is 0 Å². The summed E-state index contributed by atoms with van der Waals surface area (Å²) in [5.41, 5.74) is 1.96. The second-order valence-corrected chi connectivity index (χ2v) is 9.04. The number of carbonyl (C=O) groups is 2. The summed E-state index contributed by atoms with van der Waals surface area (Å²) in [6.07, 6.45) is 1.83. The fourth-order valence-electron chi connectivity index (χ4n) is 3.63. The first-order chi connectivity index (χ1) is 15.2. The van der Waals surface area contributed by atoms with Gasteiger partial charge in [0, 0.05) is 30.6 Å². The number of anilines is 1. The minimum atomic E-state index is -0.471. The summed E-state index contributed by atoms with van der Waals surface area (Å²) in [7, 11) is 0. The molecule has 32 heavy (non-hydrogen) atoms. The van der Waals surface area contributed by atoms with E-state index in [1.54, 1.807) is 27.9 Å². The zero-order valence-corrected chi connectivity index (χ0v) is 18.4. The average Bonchev–Trinajstić information content (AvgIpc) is 3.33. The van der Waals surface area contributed by atoms with Crippen LogP contribution in [0.15, 0.2) is 54.7 Å². The van der Waals surface area contributed by atoms with Crippen molar-refractivity contribution in [2.45, 2.75) is 39.2 Å². The molecule has 166 valence electrons. The summed E-state index contributed by atoms with van der Waals surface area (Å²) >= 11 is 0. The summed E-state index contributed by atoms with van der Waals surface area (Å²) in [5.74, 6) is -0.646. The Bertz CT molecular complexity index is 1120. The number of amides is 2. The van der Waals surface area contributed by atoms with Gasteiger partial charge in [-0.1, -0.05) is 26.8 Å². The van der Waals surface area contributed by atoms with Gasteiger partial charge in [0.2, 0.25) is 11.8 Å². The van der Waals surface area contributed by atoms with E-state index in [9.17, 15) is 14.0 Å². The third-order valence-corrected chi connectivity index (χ3v) is 5.46. The van der Waals surface area contributed by atoms with Gasteiger partial charge >= 0.3 is 0 Å². The molecule has 3 aromatic rings. The van der Waals surface area contributed by atoms with Crippen LogP contribution in [-0.2, 0) is 21.5 Å². The smallest absolute Gasteiger partial charge is 0.230 e. The zero-order valence-electron chi connectivity index (χ0n) is 18.4. The summed E-state index contributed by atoms with van der Waals surface area (Å²) in [4.78, 5) is 31.4. The van der Waals surface area contributed by atoms with Crippen molar-refractivity contribution in [2.24, 2.45) is 5.92 Å². The van der Waals surface area contributed by atoms with Crippen LogP contribution in [0.5, 0.6) is 0 Å². The molecular formula is C24H26FN5O2. The second-order valence-electron chi connectivity index (χ2n) is 9.04. The number of halogens is 1. The molecule has 1 unspecified atom stereocenters. The molecule has 0 bridgehead atoms. The molecule has 1 fully saturated rings. The maximum absolute atomic E-state index is 13.4. The van der Waals surface area contributed by atoms with Crippen molar-refractivity contribution in [1.82, 2.24) is 19.7 Å². The van der Waals surface area contributed by atoms with E-state index in [2.05, 4.69) is 15.4 Å². The van der Waals surface area contributed by atoms with Crippen molar-refractivity contribution in [3.8, 4) is 5.69 Å². The number of carbonyl (C=O) groups excluding carboxylic acids is 2. The lowest BCUT2D eigenvalue weighted by Crippen LogP contribution is -2.28. The van der Waals surface area contributed by atoms with E-state index < -0.39 is 5.92 Å². The van der Waals surface area contributed by atoms with E-state index in [0.29, 0.717) is 24.6 Å². The monoisotopic (exact) mass is 435 g/mol. The van der Waals surface area contributed by atoms with Crippen LogP contribution in [0.3, 0.4) is 0 Å². The molecule has 1 aromatic carbocycles. The molecule has 2 aromatic heterocycles. The lowest BCUT2D eigenvalue weighted by atomic mass is 9.92. The van der Waals surface area contributed by atoms with Crippen LogP contribution >= 0.6 is 0 Å². The molecule has 1 atom stereocenters. The Labute approximate surface area is 186 Å². The molecule has 1 saturated heterocycles. The predicted octanol–water partition coefficient (Wildman–Crippen LogP) is 3.69.